The summed E-state index contributed by atoms with van der Waals surface area (Å²) in [5, 5.41) is 3.90. The quantitative estimate of drug-likeness (QED) is 0.872. The molecule has 0 radical (unpaired) electrons. The van der Waals surface area contributed by atoms with Crippen LogP contribution >= 0.6 is 34.5 Å². The highest BCUT2D eigenvalue weighted by Crippen LogP contribution is 2.28. The van der Waals surface area contributed by atoms with Crippen LogP contribution in [0.5, 0.6) is 0 Å². The first kappa shape index (κ1) is 14.0. The zero-order chi connectivity index (χ0) is 12.1. The molecule has 0 fully saturated rings. The van der Waals surface area contributed by atoms with E-state index in [0.29, 0.717) is 15.7 Å². The molecule has 0 saturated carbocycles. The van der Waals surface area contributed by atoms with Crippen LogP contribution in [-0.4, -0.2) is 17.6 Å². The number of hydrogen-bond acceptors (Lipinski definition) is 3. The van der Waals surface area contributed by atoms with Gasteiger partial charge in [0.05, 0.1) is 4.88 Å². The summed E-state index contributed by atoms with van der Waals surface area (Å²) in [5.74, 6) is 0. The van der Waals surface area contributed by atoms with Crippen LogP contribution in [0.3, 0.4) is 0 Å². The highest BCUT2D eigenvalue weighted by Gasteiger charge is 2.08. The Morgan fingerprint density at radius 2 is 2.25 bits per heavy atom. The fourth-order valence-electron chi connectivity index (χ4n) is 1.23. The maximum atomic E-state index is 5.95. The molecule has 0 aliphatic heterocycles. The van der Waals surface area contributed by atoms with E-state index in [1.807, 2.05) is 6.08 Å². The van der Waals surface area contributed by atoms with Crippen molar-refractivity contribution in [2.75, 3.05) is 6.54 Å². The topological polar surface area (TPSA) is 24.9 Å². The van der Waals surface area contributed by atoms with Crippen molar-refractivity contribution in [2.24, 2.45) is 0 Å². The molecule has 0 spiro atoms. The second kappa shape index (κ2) is 6.60. The molecule has 1 aromatic heterocycles. The molecule has 0 amide bonds. The predicted molar refractivity (Wildman–Crippen MR) is 73.5 cm³/mol. The predicted octanol–water partition coefficient (Wildman–Crippen LogP) is 4.24. The van der Waals surface area contributed by atoms with Gasteiger partial charge in [-0.3, -0.25) is 0 Å². The molecule has 1 heterocycles. The van der Waals surface area contributed by atoms with Gasteiger partial charge in [0, 0.05) is 6.04 Å². The Bertz CT molecular complexity index is 374. The summed E-state index contributed by atoms with van der Waals surface area (Å²) in [4.78, 5) is 4.90. The number of thiazole rings is 1. The summed E-state index contributed by atoms with van der Waals surface area (Å²) in [5.41, 5.74) is 1.23. The Kier molecular flexibility index (Phi) is 5.76. The lowest BCUT2D eigenvalue weighted by atomic mass is 10.1. The van der Waals surface area contributed by atoms with Gasteiger partial charge in [-0.2, -0.15) is 0 Å². The summed E-state index contributed by atoms with van der Waals surface area (Å²) in [6.45, 7) is 7.39. The first-order valence-electron chi connectivity index (χ1n) is 5.28. The number of aromatic nitrogens is 1. The van der Waals surface area contributed by atoms with E-state index in [1.165, 1.54) is 16.9 Å². The van der Waals surface area contributed by atoms with Crippen molar-refractivity contribution in [3.8, 4) is 0 Å². The van der Waals surface area contributed by atoms with Crippen LogP contribution in [0, 0.1) is 0 Å². The van der Waals surface area contributed by atoms with Crippen LogP contribution in [0.15, 0.2) is 5.57 Å². The van der Waals surface area contributed by atoms with Gasteiger partial charge in [-0.1, -0.05) is 35.7 Å². The van der Waals surface area contributed by atoms with Crippen LogP contribution < -0.4 is 5.32 Å². The molecule has 1 rings (SSSR count). The fourth-order valence-corrected chi connectivity index (χ4v) is 2.61. The molecule has 90 valence electrons. The summed E-state index contributed by atoms with van der Waals surface area (Å²) in [6, 6.07) is 0.344. The van der Waals surface area contributed by atoms with E-state index < -0.39 is 0 Å². The fraction of sp³-hybridized carbons (Fsp3) is 0.545. The highest BCUT2D eigenvalue weighted by molar-refractivity contribution is 7.17. The largest absolute Gasteiger partial charge is 0.311 e. The zero-order valence-corrected chi connectivity index (χ0v) is 12.0. The summed E-state index contributed by atoms with van der Waals surface area (Å²) in [7, 11) is 0. The van der Waals surface area contributed by atoms with Crippen molar-refractivity contribution in [3.63, 3.8) is 0 Å². The van der Waals surface area contributed by atoms with Gasteiger partial charge >= 0.3 is 0 Å². The second-order valence-electron chi connectivity index (χ2n) is 3.69. The van der Waals surface area contributed by atoms with Crippen molar-refractivity contribution < 1.29 is 0 Å². The molecular formula is C11H16Cl2N2S. The maximum absolute atomic E-state index is 5.95. The normalized spacial score (nSPS) is 14.2. The maximum Gasteiger partial charge on any atom is 0.185 e. The van der Waals surface area contributed by atoms with E-state index in [4.69, 9.17) is 23.2 Å². The zero-order valence-electron chi connectivity index (χ0n) is 9.68. The van der Waals surface area contributed by atoms with Crippen LogP contribution in [0.1, 0.15) is 32.1 Å². The van der Waals surface area contributed by atoms with Crippen LogP contribution in [0.4, 0.5) is 0 Å². The Morgan fingerprint density at radius 3 is 2.75 bits per heavy atom. The third kappa shape index (κ3) is 4.06. The first-order chi connectivity index (χ1) is 7.54. The van der Waals surface area contributed by atoms with Crippen molar-refractivity contribution in [1.82, 2.24) is 10.3 Å². The van der Waals surface area contributed by atoms with Crippen molar-refractivity contribution in [3.05, 3.63) is 20.1 Å². The van der Waals surface area contributed by atoms with Crippen molar-refractivity contribution in [2.45, 2.75) is 33.2 Å². The molecule has 0 aromatic carbocycles. The Hall–Kier alpha value is -0.0900. The Balaban J connectivity index is 2.72. The molecule has 5 heteroatoms. The molecule has 1 aromatic rings. The average molecular weight is 279 g/mol. The van der Waals surface area contributed by atoms with E-state index in [0.717, 1.165) is 17.8 Å². The van der Waals surface area contributed by atoms with Crippen LogP contribution in [0.2, 0.25) is 9.62 Å². The van der Waals surface area contributed by atoms with Gasteiger partial charge in [0.1, 0.15) is 5.15 Å². The third-order valence-electron chi connectivity index (χ3n) is 2.33. The van der Waals surface area contributed by atoms with Crippen molar-refractivity contribution >= 4 is 40.6 Å². The van der Waals surface area contributed by atoms with Gasteiger partial charge in [-0.15, -0.1) is 11.3 Å². The molecule has 0 aliphatic rings. The summed E-state index contributed by atoms with van der Waals surface area (Å²) >= 11 is 13.1. The molecule has 1 N–H and O–H groups in total. The van der Waals surface area contributed by atoms with E-state index in [2.05, 4.69) is 31.1 Å². The molecule has 0 aliphatic carbocycles. The molecular weight excluding hydrogens is 263 g/mol. The average Bonchev–Trinajstić information content (AvgIpc) is 2.53. The van der Waals surface area contributed by atoms with E-state index >= 15 is 0 Å². The number of halogens is 2. The lowest BCUT2D eigenvalue weighted by Gasteiger charge is -2.13. The van der Waals surface area contributed by atoms with Crippen LogP contribution in [0.25, 0.3) is 6.08 Å². The number of nitrogens with one attached hydrogen (secondary N) is 1. The lowest BCUT2D eigenvalue weighted by molar-refractivity contribution is 0.604. The van der Waals surface area contributed by atoms with Gasteiger partial charge in [0.25, 0.3) is 0 Å². The van der Waals surface area contributed by atoms with E-state index in [-0.39, 0.29) is 0 Å². The van der Waals surface area contributed by atoms with Gasteiger partial charge in [0.15, 0.2) is 4.47 Å². The Labute approximate surface area is 111 Å². The molecule has 16 heavy (non-hydrogen) atoms. The molecule has 2 nitrogen and oxygen atoms in total. The third-order valence-corrected chi connectivity index (χ3v) is 3.83. The first-order valence-corrected chi connectivity index (χ1v) is 6.85. The molecule has 0 bridgehead atoms. The number of hydrogen-bond donors (Lipinski definition) is 1. The minimum atomic E-state index is 0.344. The van der Waals surface area contributed by atoms with E-state index in [9.17, 15) is 0 Å². The smallest absolute Gasteiger partial charge is 0.185 e. The number of rotatable bonds is 5. The SMILES string of the molecule is CCCNC(C)C(C)=Cc1sc(Cl)nc1Cl. The molecule has 1 atom stereocenters. The van der Waals surface area contributed by atoms with Crippen LogP contribution in [-0.2, 0) is 0 Å². The second-order valence-corrected chi connectivity index (χ2v) is 5.66. The molecule has 1 unspecified atom stereocenters. The summed E-state index contributed by atoms with van der Waals surface area (Å²) < 4.78 is 0.484. The Morgan fingerprint density at radius 1 is 1.56 bits per heavy atom. The van der Waals surface area contributed by atoms with Gasteiger partial charge in [0.2, 0.25) is 0 Å². The molecule has 0 saturated heterocycles. The minimum Gasteiger partial charge on any atom is -0.311 e. The highest BCUT2D eigenvalue weighted by atomic mass is 35.5. The summed E-state index contributed by atoms with van der Waals surface area (Å²) in [6.07, 6.45) is 3.17. The van der Waals surface area contributed by atoms with Crippen molar-refractivity contribution in [1.29, 1.82) is 0 Å². The monoisotopic (exact) mass is 278 g/mol. The van der Waals surface area contributed by atoms with Gasteiger partial charge in [-0.25, -0.2) is 4.98 Å². The van der Waals surface area contributed by atoms with E-state index in [1.54, 1.807) is 0 Å². The number of nitrogens with zero attached hydrogens (tertiary/aromatic N) is 1. The van der Waals surface area contributed by atoms with Gasteiger partial charge in [-0.05, 0) is 32.9 Å². The standard InChI is InChI=1S/C11H16Cl2N2S/c1-4-5-14-8(3)7(2)6-9-10(12)15-11(13)16-9/h6,8,14H,4-5H2,1-3H3. The minimum absolute atomic E-state index is 0.344. The van der Waals surface area contributed by atoms with Gasteiger partial charge < -0.3 is 5.32 Å². The lowest BCUT2D eigenvalue weighted by Crippen LogP contribution is -2.27.